The number of aryl methyl sites for hydroxylation is 1. The number of nitrogens with zero attached hydrogens (tertiary/aromatic N) is 2. The Kier molecular flexibility index (Phi) is 3.20. The summed E-state index contributed by atoms with van der Waals surface area (Å²) in [6, 6.07) is 2.75. The van der Waals surface area contributed by atoms with Gasteiger partial charge in [-0.3, -0.25) is 0 Å². The van der Waals surface area contributed by atoms with E-state index in [1.165, 1.54) is 23.9 Å². The Labute approximate surface area is 101 Å². The molecular weight excluding hydrogens is 220 g/mol. The molecule has 2 aromatic rings. The van der Waals surface area contributed by atoms with Crippen LogP contribution >= 0.6 is 11.6 Å². The predicted molar refractivity (Wildman–Crippen MR) is 69.1 cm³/mol. The summed E-state index contributed by atoms with van der Waals surface area (Å²) in [6.45, 7) is 6.09. The van der Waals surface area contributed by atoms with E-state index < -0.39 is 0 Å². The van der Waals surface area contributed by atoms with E-state index in [1.807, 2.05) is 19.9 Å². The average molecular weight is 237 g/mol. The number of hydrogen-bond acceptors (Lipinski definition) is 1. The van der Waals surface area contributed by atoms with E-state index in [-0.39, 0.29) is 0 Å². The molecule has 0 N–H and O–H groups in total. The van der Waals surface area contributed by atoms with E-state index in [4.69, 9.17) is 11.6 Å². The van der Waals surface area contributed by atoms with Gasteiger partial charge in [0.25, 0.3) is 0 Å². The molecule has 1 aliphatic carbocycles. The molecule has 16 heavy (non-hydrogen) atoms. The fraction of sp³-hybridized carbons (Fsp3) is 0.462. The quantitative estimate of drug-likeness (QED) is 0.673. The van der Waals surface area contributed by atoms with Crippen LogP contribution in [0.4, 0.5) is 0 Å². The maximum Gasteiger partial charge on any atom is 0.138 e. The summed E-state index contributed by atoms with van der Waals surface area (Å²) in [5.41, 5.74) is 2.45. The van der Waals surface area contributed by atoms with E-state index in [0.29, 0.717) is 11.2 Å². The standard InChI is InChI=1S/C11H11ClN2.C2H6/c1-7-6-14(8-2-3-8)9-4-5-13-11(12)10(7)9;1-2/h4-6,8H,2-3H2,1H3;1-2H3. The minimum Gasteiger partial charge on any atom is -0.344 e. The molecular formula is C13H17ClN2. The fourth-order valence-electron chi connectivity index (χ4n) is 2.00. The molecule has 0 atom stereocenters. The van der Waals surface area contributed by atoms with Crippen LogP contribution < -0.4 is 0 Å². The molecule has 0 amide bonds. The lowest BCUT2D eigenvalue weighted by molar-refractivity contribution is 0.773. The Hall–Kier alpha value is -1.02. The average Bonchev–Trinajstić information content (AvgIpc) is 3.08. The van der Waals surface area contributed by atoms with Crippen molar-refractivity contribution in [1.82, 2.24) is 9.55 Å². The van der Waals surface area contributed by atoms with Crippen molar-refractivity contribution in [2.45, 2.75) is 39.7 Å². The Morgan fingerprint density at radius 1 is 1.38 bits per heavy atom. The van der Waals surface area contributed by atoms with Gasteiger partial charge >= 0.3 is 0 Å². The zero-order valence-electron chi connectivity index (χ0n) is 10.00. The Morgan fingerprint density at radius 2 is 2.06 bits per heavy atom. The normalized spacial score (nSPS) is 14.8. The summed E-state index contributed by atoms with van der Waals surface area (Å²) in [5, 5.41) is 1.74. The molecule has 0 aliphatic heterocycles. The summed E-state index contributed by atoms with van der Waals surface area (Å²) < 4.78 is 2.33. The zero-order valence-corrected chi connectivity index (χ0v) is 10.8. The van der Waals surface area contributed by atoms with Gasteiger partial charge in [0.1, 0.15) is 5.15 Å². The Balaban J connectivity index is 0.000000457. The molecule has 1 aliphatic rings. The maximum absolute atomic E-state index is 6.08. The molecule has 0 spiro atoms. The van der Waals surface area contributed by atoms with Crippen molar-refractivity contribution in [3.8, 4) is 0 Å². The first kappa shape index (κ1) is 11.5. The number of aromatic nitrogens is 2. The minimum absolute atomic E-state index is 0.624. The van der Waals surface area contributed by atoms with Gasteiger partial charge in [-0.25, -0.2) is 4.98 Å². The molecule has 2 aromatic heterocycles. The van der Waals surface area contributed by atoms with E-state index in [1.54, 1.807) is 6.20 Å². The van der Waals surface area contributed by atoms with Crippen molar-refractivity contribution in [1.29, 1.82) is 0 Å². The van der Waals surface area contributed by atoms with Crippen LogP contribution in [0.1, 0.15) is 38.3 Å². The highest BCUT2D eigenvalue weighted by atomic mass is 35.5. The van der Waals surface area contributed by atoms with Crippen molar-refractivity contribution in [3.63, 3.8) is 0 Å². The first-order valence-electron chi connectivity index (χ1n) is 5.89. The van der Waals surface area contributed by atoms with Gasteiger partial charge in [0.15, 0.2) is 0 Å². The van der Waals surface area contributed by atoms with Gasteiger partial charge in [0.2, 0.25) is 0 Å². The van der Waals surface area contributed by atoms with Crippen molar-refractivity contribution >= 4 is 22.5 Å². The third kappa shape index (κ3) is 1.82. The van der Waals surface area contributed by atoms with Gasteiger partial charge in [0, 0.05) is 23.8 Å². The number of pyridine rings is 1. The monoisotopic (exact) mass is 236 g/mol. The molecule has 0 bridgehead atoms. The highest BCUT2D eigenvalue weighted by molar-refractivity contribution is 6.34. The largest absolute Gasteiger partial charge is 0.344 e. The van der Waals surface area contributed by atoms with Crippen LogP contribution in [-0.4, -0.2) is 9.55 Å². The third-order valence-corrected chi connectivity index (χ3v) is 3.11. The lowest BCUT2D eigenvalue weighted by Crippen LogP contribution is -1.90. The van der Waals surface area contributed by atoms with Crippen LogP contribution in [0.25, 0.3) is 10.9 Å². The Morgan fingerprint density at radius 3 is 2.69 bits per heavy atom. The number of hydrogen-bond donors (Lipinski definition) is 0. The molecule has 0 radical (unpaired) electrons. The first-order valence-corrected chi connectivity index (χ1v) is 6.27. The zero-order chi connectivity index (χ0) is 11.7. The summed E-state index contributed by atoms with van der Waals surface area (Å²) in [4.78, 5) is 4.11. The highest BCUT2D eigenvalue weighted by Gasteiger charge is 2.25. The Bertz CT molecular complexity index is 498. The third-order valence-electron chi connectivity index (χ3n) is 2.83. The summed E-state index contributed by atoms with van der Waals surface area (Å²) in [7, 11) is 0. The van der Waals surface area contributed by atoms with Crippen molar-refractivity contribution in [2.24, 2.45) is 0 Å². The molecule has 2 nitrogen and oxygen atoms in total. The second kappa shape index (κ2) is 4.46. The fourth-order valence-corrected chi connectivity index (χ4v) is 2.31. The predicted octanol–water partition coefficient (Wildman–Crippen LogP) is 4.36. The van der Waals surface area contributed by atoms with Gasteiger partial charge < -0.3 is 4.57 Å². The summed E-state index contributed by atoms with van der Waals surface area (Å²) in [5.74, 6) is 0. The highest BCUT2D eigenvalue weighted by Crippen LogP contribution is 2.39. The summed E-state index contributed by atoms with van der Waals surface area (Å²) in [6.07, 6.45) is 6.56. The number of fused-ring (bicyclic) bond motifs is 1. The summed E-state index contributed by atoms with van der Waals surface area (Å²) >= 11 is 6.08. The molecule has 2 heterocycles. The number of rotatable bonds is 1. The molecule has 86 valence electrons. The van der Waals surface area contributed by atoms with Gasteiger partial charge in [-0.15, -0.1) is 0 Å². The number of halogens is 1. The van der Waals surface area contributed by atoms with Crippen LogP contribution in [0.5, 0.6) is 0 Å². The van der Waals surface area contributed by atoms with Gasteiger partial charge in [-0.2, -0.15) is 0 Å². The van der Waals surface area contributed by atoms with Crippen LogP contribution in [0, 0.1) is 6.92 Å². The lowest BCUT2D eigenvalue weighted by atomic mass is 10.2. The molecule has 0 aromatic carbocycles. The second-order valence-electron chi connectivity index (χ2n) is 3.95. The van der Waals surface area contributed by atoms with E-state index in [2.05, 4.69) is 22.7 Å². The van der Waals surface area contributed by atoms with Crippen molar-refractivity contribution in [2.75, 3.05) is 0 Å². The van der Waals surface area contributed by atoms with E-state index >= 15 is 0 Å². The molecule has 1 saturated carbocycles. The van der Waals surface area contributed by atoms with Gasteiger partial charge in [-0.1, -0.05) is 25.4 Å². The molecule has 0 saturated heterocycles. The van der Waals surface area contributed by atoms with Crippen molar-refractivity contribution in [3.05, 3.63) is 29.2 Å². The first-order chi connectivity index (χ1) is 7.77. The SMILES string of the molecule is CC.Cc1cn(C2CC2)c2ccnc(Cl)c12. The van der Waals surface area contributed by atoms with Crippen molar-refractivity contribution < 1.29 is 0 Å². The topological polar surface area (TPSA) is 17.8 Å². The van der Waals surface area contributed by atoms with Crippen LogP contribution in [0.3, 0.4) is 0 Å². The molecule has 3 heteroatoms. The second-order valence-corrected chi connectivity index (χ2v) is 4.30. The lowest BCUT2D eigenvalue weighted by Gasteiger charge is -2.01. The molecule has 1 fully saturated rings. The van der Waals surface area contributed by atoms with E-state index in [9.17, 15) is 0 Å². The molecule has 3 rings (SSSR count). The smallest absolute Gasteiger partial charge is 0.138 e. The van der Waals surface area contributed by atoms with Crippen LogP contribution in [-0.2, 0) is 0 Å². The van der Waals surface area contributed by atoms with Gasteiger partial charge in [-0.05, 0) is 31.4 Å². The van der Waals surface area contributed by atoms with E-state index in [0.717, 1.165) is 5.39 Å². The van der Waals surface area contributed by atoms with Crippen LogP contribution in [0.2, 0.25) is 5.15 Å². The maximum atomic E-state index is 6.08. The van der Waals surface area contributed by atoms with Gasteiger partial charge in [0.05, 0.1) is 5.52 Å². The minimum atomic E-state index is 0.624. The molecule has 0 unspecified atom stereocenters. The van der Waals surface area contributed by atoms with Crippen LogP contribution in [0.15, 0.2) is 18.5 Å².